The molecule has 0 fully saturated rings. The summed E-state index contributed by atoms with van der Waals surface area (Å²) in [4.78, 5) is 3.16. The Bertz CT molecular complexity index is 484. The fourth-order valence-electron chi connectivity index (χ4n) is 2.05. The van der Waals surface area contributed by atoms with Gasteiger partial charge in [-0.2, -0.15) is 0 Å². The van der Waals surface area contributed by atoms with Crippen LogP contribution < -0.4 is 0 Å². The molecule has 0 aliphatic heterocycles. The largest absolute Gasteiger partial charge is 0.385 e. The Morgan fingerprint density at radius 3 is 2.81 bits per heavy atom. The van der Waals surface area contributed by atoms with Crippen LogP contribution in [0.3, 0.4) is 0 Å². The maximum atomic E-state index is 10.5. The van der Waals surface area contributed by atoms with E-state index < -0.39 is 5.60 Å². The van der Waals surface area contributed by atoms with Crippen molar-refractivity contribution < 1.29 is 5.11 Å². The van der Waals surface area contributed by atoms with Crippen molar-refractivity contribution in [1.82, 2.24) is 4.98 Å². The fraction of sp³-hybridized carbons (Fsp3) is 0.429. The molecule has 2 aromatic rings. The molecule has 2 N–H and O–H groups in total. The van der Waals surface area contributed by atoms with Crippen molar-refractivity contribution in [1.29, 1.82) is 0 Å². The van der Waals surface area contributed by atoms with Gasteiger partial charge < -0.3 is 10.1 Å². The van der Waals surface area contributed by atoms with Gasteiger partial charge in [0, 0.05) is 11.7 Å². The quantitative estimate of drug-likeness (QED) is 0.812. The van der Waals surface area contributed by atoms with Crippen molar-refractivity contribution in [2.75, 3.05) is 0 Å². The zero-order valence-corrected chi connectivity index (χ0v) is 10.1. The predicted molar refractivity (Wildman–Crippen MR) is 67.3 cm³/mol. The highest BCUT2D eigenvalue weighted by molar-refractivity contribution is 5.80. The molecule has 0 radical (unpaired) electrons. The number of benzene rings is 1. The van der Waals surface area contributed by atoms with Crippen molar-refractivity contribution in [3.8, 4) is 0 Å². The lowest BCUT2D eigenvalue weighted by atomic mass is 9.82. The Labute approximate surface area is 96.3 Å². The van der Waals surface area contributed by atoms with Crippen LogP contribution in [0.15, 0.2) is 30.5 Å². The van der Waals surface area contributed by atoms with E-state index >= 15 is 0 Å². The number of fused-ring (bicyclic) bond motifs is 1. The number of rotatable bonds is 3. The summed E-state index contributed by atoms with van der Waals surface area (Å²) in [6.45, 7) is 6.09. The van der Waals surface area contributed by atoms with Gasteiger partial charge in [0.2, 0.25) is 0 Å². The normalized spacial score (nSPS) is 17.2. The molecule has 0 saturated heterocycles. The first kappa shape index (κ1) is 11.2. The van der Waals surface area contributed by atoms with E-state index in [1.54, 1.807) is 0 Å². The second-order valence-corrected chi connectivity index (χ2v) is 4.74. The van der Waals surface area contributed by atoms with Crippen LogP contribution in [-0.4, -0.2) is 10.1 Å². The van der Waals surface area contributed by atoms with E-state index in [2.05, 4.69) is 24.9 Å². The first-order valence-corrected chi connectivity index (χ1v) is 5.85. The molecule has 0 spiro atoms. The molecular formula is C14H19NO. The van der Waals surface area contributed by atoms with E-state index in [-0.39, 0.29) is 5.92 Å². The van der Waals surface area contributed by atoms with E-state index in [0.29, 0.717) is 0 Å². The van der Waals surface area contributed by atoms with Gasteiger partial charge in [0.25, 0.3) is 0 Å². The molecule has 2 unspecified atom stereocenters. The number of aromatic amines is 1. The lowest BCUT2D eigenvalue weighted by molar-refractivity contribution is 0.000140. The lowest BCUT2D eigenvalue weighted by Gasteiger charge is -2.30. The Morgan fingerprint density at radius 1 is 1.38 bits per heavy atom. The standard InChI is InChI=1S/C14H19NO/c1-4-10(2)14(3,16)12-5-6-13-11(9-12)7-8-15-13/h5-10,15-16H,4H2,1-3H3. The molecule has 0 saturated carbocycles. The number of aliphatic hydroxyl groups is 1. The van der Waals surface area contributed by atoms with Crippen molar-refractivity contribution in [3.63, 3.8) is 0 Å². The van der Waals surface area contributed by atoms with Gasteiger partial charge in [-0.3, -0.25) is 0 Å². The molecule has 2 nitrogen and oxygen atoms in total. The SMILES string of the molecule is CCC(C)C(C)(O)c1ccc2[nH]ccc2c1. The highest BCUT2D eigenvalue weighted by atomic mass is 16.3. The van der Waals surface area contributed by atoms with Crippen LogP contribution in [-0.2, 0) is 5.60 Å². The van der Waals surface area contributed by atoms with Crippen LogP contribution in [0.4, 0.5) is 0 Å². The number of aromatic nitrogens is 1. The Morgan fingerprint density at radius 2 is 2.12 bits per heavy atom. The fourth-order valence-corrected chi connectivity index (χ4v) is 2.05. The molecule has 16 heavy (non-hydrogen) atoms. The van der Waals surface area contributed by atoms with Gasteiger partial charge in [-0.15, -0.1) is 0 Å². The number of hydrogen-bond acceptors (Lipinski definition) is 1. The smallest absolute Gasteiger partial charge is 0.0894 e. The molecule has 2 atom stereocenters. The summed E-state index contributed by atoms with van der Waals surface area (Å²) in [7, 11) is 0. The molecular weight excluding hydrogens is 198 g/mol. The minimum absolute atomic E-state index is 0.254. The molecule has 0 amide bonds. The second kappa shape index (κ2) is 3.95. The average molecular weight is 217 g/mol. The summed E-state index contributed by atoms with van der Waals surface area (Å²) in [5.74, 6) is 0.254. The van der Waals surface area contributed by atoms with Crippen LogP contribution in [0.25, 0.3) is 10.9 Å². The maximum absolute atomic E-state index is 10.5. The first-order valence-electron chi connectivity index (χ1n) is 5.85. The van der Waals surface area contributed by atoms with Gasteiger partial charge in [-0.05, 0) is 42.0 Å². The summed E-state index contributed by atoms with van der Waals surface area (Å²) >= 11 is 0. The third kappa shape index (κ3) is 1.74. The van der Waals surface area contributed by atoms with E-state index in [1.807, 2.05) is 31.3 Å². The van der Waals surface area contributed by atoms with Gasteiger partial charge in [0.15, 0.2) is 0 Å². The van der Waals surface area contributed by atoms with Crippen LogP contribution in [0.1, 0.15) is 32.8 Å². The van der Waals surface area contributed by atoms with Gasteiger partial charge in [0.05, 0.1) is 5.60 Å². The zero-order chi connectivity index (χ0) is 11.8. The molecule has 1 heterocycles. The summed E-state index contributed by atoms with van der Waals surface area (Å²) < 4.78 is 0. The average Bonchev–Trinajstić information content (AvgIpc) is 2.74. The van der Waals surface area contributed by atoms with Gasteiger partial charge in [-0.25, -0.2) is 0 Å². The van der Waals surface area contributed by atoms with Gasteiger partial charge in [-0.1, -0.05) is 26.3 Å². The molecule has 86 valence electrons. The molecule has 2 rings (SSSR count). The Balaban J connectivity index is 2.45. The molecule has 0 aliphatic rings. The summed E-state index contributed by atoms with van der Waals surface area (Å²) in [5.41, 5.74) is 1.36. The third-order valence-electron chi connectivity index (χ3n) is 3.71. The monoisotopic (exact) mass is 217 g/mol. The topological polar surface area (TPSA) is 36.0 Å². The van der Waals surface area contributed by atoms with E-state index in [9.17, 15) is 5.11 Å². The van der Waals surface area contributed by atoms with Crippen molar-refractivity contribution in [2.45, 2.75) is 32.8 Å². The van der Waals surface area contributed by atoms with Gasteiger partial charge in [0.1, 0.15) is 0 Å². The van der Waals surface area contributed by atoms with E-state index in [4.69, 9.17) is 0 Å². The van der Waals surface area contributed by atoms with Crippen LogP contribution in [0, 0.1) is 5.92 Å². The summed E-state index contributed by atoms with van der Waals surface area (Å²) in [6.07, 6.45) is 2.89. The molecule has 2 heteroatoms. The molecule has 0 aliphatic carbocycles. The second-order valence-electron chi connectivity index (χ2n) is 4.74. The Kier molecular flexibility index (Phi) is 2.76. The zero-order valence-electron chi connectivity index (χ0n) is 10.1. The number of nitrogens with one attached hydrogen (secondary N) is 1. The van der Waals surface area contributed by atoms with E-state index in [1.165, 1.54) is 0 Å². The molecule has 1 aromatic heterocycles. The first-order chi connectivity index (χ1) is 7.55. The number of H-pyrrole nitrogens is 1. The third-order valence-corrected chi connectivity index (χ3v) is 3.71. The molecule has 0 bridgehead atoms. The maximum Gasteiger partial charge on any atom is 0.0894 e. The van der Waals surface area contributed by atoms with Gasteiger partial charge >= 0.3 is 0 Å². The van der Waals surface area contributed by atoms with Crippen LogP contribution in [0.5, 0.6) is 0 Å². The van der Waals surface area contributed by atoms with Crippen molar-refractivity contribution >= 4 is 10.9 Å². The highest BCUT2D eigenvalue weighted by Crippen LogP contribution is 2.32. The summed E-state index contributed by atoms with van der Waals surface area (Å²) in [6, 6.07) is 8.13. The number of hydrogen-bond donors (Lipinski definition) is 2. The van der Waals surface area contributed by atoms with Crippen molar-refractivity contribution in [2.24, 2.45) is 5.92 Å². The minimum Gasteiger partial charge on any atom is -0.385 e. The minimum atomic E-state index is -0.750. The van der Waals surface area contributed by atoms with Crippen LogP contribution in [0.2, 0.25) is 0 Å². The lowest BCUT2D eigenvalue weighted by Crippen LogP contribution is -2.29. The Hall–Kier alpha value is -1.28. The summed E-state index contributed by atoms with van der Waals surface area (Å²) in [5, 5.41) is 11.7. The predicted octanol–water partition coefficient (Wildman–Crippen LogP) is 3.42. The van der Waals surface area contributed by atoms with Crippen molar-refractivity contribution in [3.05, 3.63) is 36.0 Å². The van der Waals surface area contributed by atoms with Crippen LogP contribution >= 0.6 is 0 Å². The van der Waals surface area contributed by atoms with E-state index in [0.717, 1.165) is 22.9 Å². The highest BCUT2D eigenvalue weighted by Gasteiger charge is 2.29. The molecule has 1 aromatic carbocycles.